The van der Waals surface area contributed by atoms with Gasteiger partial charge >= 0.3 is 39.5 Å². The van der Waals surface area contributed by atoms with E-state index in [1.54, 1.807) is 0 Å². The molecule has 0 saturated carbocycles. The van der Waals surface area contributed by atoms with Crippen molar-refractivity contribution in [1.82, 2.24) is 0 Å². The van der Waals surface area contributed by atoms with Crippen LogP contribution in [0.5, 0.6) is 0 Å². The molecule has 0 amide bonds. The fraction of sp³-hybridized carbons (Fsp3) is 0.944. The van der Waals surface area contributed by atoms with E-state index in [4.69, 9.17) is 37.0 Å². The summed E-state index contributed by atoms with van der Waals surface area (Å²) in [6.07, 6.45) is 45.8. The molecule has 0 aliphatic carbocycles. The Hall–Kier alpha value is -1.94. The third-order valence-electron chi connectivity index (χ3n) is 16.4. The number of esters is 4. The molecule has 0 radical (unpaired) electrons. The fourth-order valence-corrected chi connectivity index (χ4v) is 12.3. The van der Waals surface area contributed by atoms with Gasteiger partial charge in [-0.2, -0.15) is 0 Å². The van der Waals surface area contributed by atoms with E-state index in [0.717, 1.165) is 108 Å². The molecule has 0 aromatic rings. The summed E-state index contributed by atoms with van der Waals surface area (Å²) in [5, 5.41) is 10.6. The summed E-state index contributed by atoms with van der Waals surface area (Å²) in [4.78, 5) is 72.6. The van der Waals surface area contributed by atoms with Crippen LogP contribution in [0.4, 0.5) is 0 Å². The van der Waals surface area contributed by atoms with E-state index in [2.05, 4.69) is 48.5 Å². The van der Waals surface area contributed by atoms with E-state index in [1.165, 1.54) is 167 Å². The summed E-state index contributed by atoms with van der Waals surface area (Å²) in [5.74, 6) is 0.0957. The van der Waals surface area contributed by atoms with Crippen molar-refractivity contribution in [3.63, 3.8) is 0 Å². The van der Waals surface area contributed by atoms with Gasteiger partial charge in [-0.15, -0.1) is 0 Å². The first kappa shape index (κ1) is 88.1. The summed E-state index contributed by atoms with van der Waals surface area (Å²) in [7, 11) is -9.90. The monoisotopic (exact) mass is 1320 g/mol. The first-order valence-electron chi connectivity index (χ1n) is 36.8. The van der Waals surface area contributed by atoms with Crippen molar-refractivity contribution in [2.75, 3.05) is 39.6 Å². The van der Waals surface area contributed by atoms with Crippen molar-refractivity contribution in [2.45, 2.75) is 375 Å². The van der Waals surface area contributed by atoms with Crippen LogP contribution < -0.4 is 0 Å². The molecule has 0 heterocycles. The highest BCUT2D eigenvalue weighted by atomic mass is 31.2. The predicted molar refractivity (Wildman–Crippen MR) is 363 cm³/mol. The van der Waals surface area contributed by atoms with Gasteiger partial charge in [-0.1, -0.05) is 305 Å². The number of rotatable bonds is 69. The highest BCUT2D eigenvalue weighted by Crippen LogP contribution is 2.45. The lowest BCUT2D eigenvalue weighted by Gasteiger charge is -2.21. The minimum absolute atomic E-state index is 0.104. The second kappa shape index (κ2) is 61.9. The van der Waals surface area contributed by atoms with Gasteiger partial charge in [0.05, 0.1) is 26.4 Å². The van der Waals surface area contributed by atoms with Crippen molar-refractivity contribution in [1.29, 1.82) is 0 Å². The largest absolute Gasteiger partial charge is 0.472 e. The molecule has 0 fully saturated rings. The normalized spacial score (nSPS) is 14.2. The maximum Gasteiger partial charge on any atom is 0.472 e. The van der Waals surface area contributed by atoms with Crippen LogP contribution >= 0.6 is 15.6 Å². The molecule has 17 nitrogen and oxygen atoms in total. The van der Waals surface area contributed by atoms with Crippen LogP contribution in [0.15, 0.2) is 0 Å². The molecule has 90 heavy (non-hydrogen) atoms. The quantitative estimate of drug-likeness (QED) is 0.0222. The number of hydrogen-bond acceptors (Lipinski definition) is 15. The van der Waals surface area contributed by atoms with Crippen molar-refractivity contribution in [2.24, 2.45) is 17.8 Å². The number of unbranched alkanes of at least 4 members (excludes halogenated alkanes) is 37. The zero-order valence-electron chi connectivity index (χ0n) is 58.6. The average Bonchev–Trinajstić information content (AvgIpc) is 2.87. The molecular formula is C71H138O17P2. The highest BCUT2D eigenvalue weighted by molar-refractivity contribution is 7.47. The topological polar surface area (TPSA) is 237 Å². The first-order chi connectivity index (χ1) is 43.2. The van der Waals surface area contributed by atoms with Crippen LogP contribution in [0.3, 0.4) is 0 Å². The van der Waals surface area contributed by atoms with E-state index in [1.807, 2.05) is 0 Å². The Labute approximate surface area is 549 Å². The smallest absolute Gasteiger partial charge is 0.462 e. The molecule has 3 N–H and O–H groups in total. The highest BCUT2D eigenvalue weighted by Gasteiger charge is 2.30. The SMILES string of the molecule is CCCCCCCCCCCCCCCC(=O)OC[C@H](COP(=O)(O)OC[C@@H](O)COP(=O)(O)OC[C@@H](COC(=O)CCCCCCCCCCC(C)C)OC(=O)CCCCCCCCCCC(C)C)OC(=O)CCCCCCCCCCCCCCC(C)C. The van der Waals surface area contributed by atoms with Crippen molar-refractivity contribution >= 4 is 39.5 Å². The lowest BCUT2D eigenvalue weighted by molar-refractivity contribution is -0.161. The second-order valence-corrected chi connectivity index (χ2v) is 30.0. The van der Waals surface area contributed by atoms with Gasteiger partial charge in [0, 0.05) is 25.7 Å². The van der Waals surface area contributed by atoms with Crippen LogP contribution in [0, 0.1) is 17.8 Å². The minimum atomic E-state index is -4.95. The number of aliphatic hydroxyl groups is 1. The second-order valence-electron chi connectivity index (χ2n) is 27.1. The lowest BCUT2D eigenvalue weighted by atomic mass is 10.0. The zero-order chi connectivity index (χ0) is 66.6. The number of phosphoric acid groups is 2. The predicted octanol–water partition coefficient (Wildman–Crippen LogP) is 20.2. The molecular weight excluding hydrogens is 1190 g/mol. The van der Waals surface area contributed by atoms with Gasteiger partial charge in [-0.05, 0) is 43.4 Å². The third kappa shape index (κ3) is 64.8. The lowest BCUT2D eigenvalue weighted by Crippen LogP contribution is -2.30. The number of ether oxygens (including phenoxy) is 4. The Morgan fingerprint density at radius 3 is 0.756 bits per heavy atom. The van der Waals surface area contributed by atoms with E-state index in [0.29, 0.717) is 25.7 Å². The van der Waals surface area contributed by atoms with E-state index in [-0.39, 0.29) is 25.7 Å². The fourth-order valence-electron chi connectivity index (χ4n) is 10.7. The molecule has 0 aliphatic heterocycles. The van der Waals surface area contributed by atoms with Gasteiger partial charge in [0.25, 0.3) is 0 Å². The Morgan fingerprint density at radius 2 is 0.511 bits per heavy atom. The molecule has 0 aliphatic rings. The molecule has 0 aromatic carbocycles. The van der Waals surface area contributed by atoms with Gasteiger partial charge in [0.2, 0.25) is 0 Å². The van der Waals surface area contributed by atoms with Crippen LogP contribution in [0.2, 0.25) is 0 Å². The summed E-state index contributed by atoms with van der Waals surface area (Å²) < 4.78 is 68.3. The average molecular weight is 1330 g/mol. The first-order valence-corrected chi connectivity index (χ1v) is 39.8. The molecule has 534 valence electrons. The summed E-state index contributed by atoms with van der Waals surface area (Å²) in [6.45, 7) is 11.8. The Morgan fingerprint density at radius 1 is 0.300 bits per heavy atom. The van der Waals surface area contributed by atoms with Gasteiger partial charge < -0.3 is 33.8 Å². The number of carbonyl (C=O) groups excluding carboxylic acids is 4. The maximum absolute atomic E-state index is 13.0. The molecule has 0 aromatic heterocycles. The van der Waals surface area contributed by atoms with E-state index in [9.17, 15) is 43.2 Å². The number of phosphoric ester groups is 2. The number of carbonyl (C=O) groups is 4. The van der Waals surface area contributed by atoms with E-state index < -0.39 is 97.5 Å². The van der Waals surface area contributed by atoms with Gasteiger partial charge in [0.15, 0.2) is 12.2 Å². The summed E-state index contributed by atoms with van der Waals surface area (Å²) >= 11 is 0. The molecule has 0 saturated heterocycles. The van der Waals surface area contributed by atoms with Crippen molar-refractivity contribution in [3.8, 4) is 0 Å². The number of hydrogen-bond donors (Lipinski definition) is 3. The Bertz CT molecular complexity index is 1770. The number of aliphatic hydroxyl groups excluding tert-OH is 1. The molecule has 0 rings (SSSR count). The minimum Gasteiger partial charge on any atom is -0.462 e. The standard InChI is InChI=1S/C71H138O17P2/c1-8-9-10-11-12-13-14-15-19-22-31-38-45-52-68(73)81-58-66(87-70(75)54-47-40-33-23-20-17-16-18-21-28-35-42-49-62(2)3)60-85-89(77,78)83-56-65(72)57-84-90(79,80)86-61-67(88-71(76)55-48-41-34-27-25-30-37-44-51-64(6)7)59-82-69(74)53-46-39-32-26-24-29-36-43-50-63(4)5/h62-67,72H,8-61H2,1-7H3,(H,77,78)(H,79,80)/t65-,66-,67-/m1/s1. The molecule has 2 unspecified atom stereocenters. The van der Waals surface area contributed by atoms with Gasteiger partial charge in [-0.25, -0.2) is 9.13 Å². The van der Waals surface area contributed by atoms with Crippen molar-refractivity contribution < 1.29 is 80.2 Å². The Kier molecular flexibility index (Phi) is 60.6. The summed E-state index contributed by atoms with van der Waals surface area (Å²) in [6, 6.07) is 0. The van der Waals surface area contributed by atoms with Gasteiger partial charge in [-0.3, -0.25) is 37.3 Å². The summed E-state index contributed by atoms with van der Waals surface area (Å²) in [5.41, 5.74) is 0. The molecule has 5 atom stereocenters. The van der Waals surface area contributed by atoms with Crippen molar-refractivity contribution in [3.05, 3.63) is 0 Å². The molecule has 0 bridgehead atoms. The third-order valence-corrected chi connectivity index (χ3v) is 18.3. The van der Waals surface area contributed by atoms with Crippen LogP contribution in [-0.4, -0.2) is 96.7 Å². The van der Waals surface area contributed by atoms with E-state index >= 15 is 0 Å². The zero-order valence-corrected chi connectivity index (χ0v) is 60.4. The van der Waals surface area contributed by atoms with Crippen LogP contribution in [-0.2, 0) is 65.4 Å². The molecule has 19 heteroatoms. The van der Waals surface area contributed by atoms with Gasteiger partial charge in [0.1, 0.15) is 19.3 Å². The Balaban J connectivity index is 5.26. The maximum atomic E-state index is 13.0. The van der Waals surface area contributed by atoms with Crippen LogP contribution in [0.25, 0.3) is 0 Å². The molecule has 0 spiro atoms. The van der Waals surface area contributed by atoms with Crippen LogP contribution in [0.1, 0.15) is 357 Å².